The first-order valence-corrected chi connectivity index (χ1v) is 3.85. The predicted molar refractivity (Wildman–Crippen MR) is 51.3 cm³/mol. The van der Waals surface area contributed by atoms with Gasteiger partial charge in [0.15, 0.2) is 0 Å². The summed E-state index contributed by atoms with van der Waals surface area (Å²) < 4.78 is 5.12. The molecule has 0 aliphatic heterocycles. The number of ether oxygens (including phenoxy) is 1. The molecule has 0 aliphatic carbocycles. The third-order valence-corrected chi connectivity index (χ3v) is 2.07. The highest BCUT2D eigenvalue weighted by molar-refractivity contribution is 5.24. The summed E-state index contributed by atoms with van der Waals surface area (Å²) in [6, 6.07) is 0. The van der Waals surface area contributed by atoms with E-state index in [1.807, 2.05) is 20.8 Å². The molecule has 0 saturated carbocycles. The van der Waals surface area contributed by atoms with Crippen molar-refractivity contribution >= 4 is 0 Å². The average Bonchev–Trinajstić information content (AvgIpc) is 2.06. The van der Waals surface area contributed by atoms with Crippen LogP contribution in [0.25, 0.3) is 0 Å². The summed E-state index contributed by atoms with van der Waals surface area (Å²) in [5.74, 6) is 6.14. The molecule has 0 aliphatic rings. The highest BCUT2D eigenvalue weighted by Gasteiger charge is 2.20. The van der Waals surface area contributed by atoms with Crippen LogP contribution in [0.2, 0.25) is 0 Å². The first kappa shape index (κ1) is 11.2. The molecule has 0 aromatic rings. The normalized spacial score (nSPS) is 13.8. The number of nitrogens with one attached hydrogen (secondary N) is 1. The standard InChI is InChI=1S/C9H18N2O/c1-6-8(12-5)7(2)9(3,4)11-10/h6,11H,1,10H2,2-5H3/b8-7+. The first-order valence-electron chi connectivity index (χ1n) is 3.85. The zero-order valence-electron chi connectivity index (χ0n) is 8.27. The Balaban J connectivity index is 4.85. The van der Waals surface area contributed by atoms with Gasteiger partial charge in [0.25, 0.3) is 0 Å². The Morgan fingerprint density at radius 2 is 2.08 bits per heavy atom. The van der Waals surface area contributed by atoms with Crippen LogP contribution >= 0.6 is 0 Å². The minimum atomic E-state index is -0.264. The Hall–Kier alpha value is -0.800. The summed E-state index contributed by atoms with van der Waals surface area (Å²) >= 11 is 0. The number of hydrogen-bond donors (Lipinski definition) is 2. The van der Waals surface area contributed by atoms with Crippen LogP contribution in [-0.2, 0) is 4.74 Å². The molecule has 0 radical (unpaired) electrons. The van der Waals surface area contributed by atoms with Crippen LogP contribution in [0.15, 0.2) is 24.0 Å². The Morgan fingerprint density at radius 1 is 1.58 bits per heavy atom. The van der Waals surface area contributed by atoms with Gasteiger partial charge in [-0.1, -0.05) is 6.58 Å². The Bertz CT molecular complexity index is 195. The van der Waals surface area contributed by atoms with Gasteiger partial charge in [-0.2, -0.15) is 0 Å². The van der Waals surface area contributed by atoms with Gasteiger partial charge in [0.1, 0.15) is 5.76 Å². The minimum Gasteiger partial charge on any atom is -0.497 e. The van der Waals surface area contributed by atoms with E-state index >= 15 is 0 Å². The maximum Gasteiger partial charge on any atom is 0.119 e. The molecule has 0 unspecified atom stereocenters. The smallest absolute Gasteiger partial charge is 0.119 e. The second kappa shape index (κ2) is 4.28. The third-order valence-electron chi connectivity index (χ3n) is 2.07. The predicted octanol–water partition coefficient (Wildman–Crippen LogP) is 1.33. The van der Waals surface area contributed by atoms with Crippen molar-refractivity contribution in [2.45, 2.75) is 26.3 Å². The summed E-state index contributed by atoms with van der Waals surface area (Å²) in [4.78, 5) is 0. The Kier molecular flexibility index (Phi) is 4.00. The van der Waals surface area contributed by atoms with Gasteiger partial charge in [-0.05, 0) is 32.4 Å². The van der Waals surface area contributed by atoms with Crippen LogP contribution in [-0.4, -0.2) is 12.6 Å². The van der Waals surface area contributed by atoms with Crippen LogP contribution < -0.4 is 11.3 Å². The molecular formula is C9H18N2O. The van der Waals surface area contributed by atoms with E-state index in [0.29, 0.717) is 0 Å². The van der Waals surface area contributed by atoms with Gasteiger partial charge in [0, 0.05) is 0 Å². The highest BCUT2D eigenvalue weighted by Crippen LogP contribution is 2.19. The molecule has 0 bridgehead atoms. The van der Waals surface area contributed by atoms with E-state index in [-0.39, 0.29) is 5.54 Å². The number of allylic oxidation sites excluding steroid dienone is 1. The van der Waals surface area contributed by atoms with Gasteiger partial charge in [-0.25, -0.2) is 0 Å². The van der Waals surface area contributed by atoms with E-state index in [1.54, 1.807) is 13.2 Å². The van der Waals surface area contributed by atoms with Crippen LogP contribution in [0.1, 0.15) is 20.8 Å². The van der Waals surface area contributed by atoms with E-state index in [1.165, 1.54) is 0 Å². The van der Waals surface area contributed by atoms with Crippen molar-refractivity contribution in [2.75, 3.05) is 7.11 Å². The fourth-order valence-corrected chi connectivity index (χ4v) is 0.806. The van der Waals surface area contributed by atoms with E-state index in [2.05, 4.69) is 12.0 Å². The summed E-state index contributed by atoms with van der Waals surface area (Å²) in [6.07, 6.45) is 1.68. The maximum absolute atomic E-state index is 5.38. The van der Waals surface area contributed by atoms with Crippen LogP contribution in [0.3, 0.4) is 0 Å². The van der Waals surface area contributed by atoms with E-state index in [4.69, 9.17) is 10.6 Å². The number of methoxy groups -OCH3 is 1. The first-order chi connectivity index (χ1) is 5.49. The number of hydrazine groups is 1. The SMILES string of the molecule is C=C/C(OC)=C(/C)C(C)(C)NN. The van der Waals surface area contributed by atoms with Crippen LogP contribution in [0.4, 0.5) is 0 Å². The lowest BCUT2D eigenvalue weighted by molar-refractivity contribution is 0.291. The van der Waals surface area contributed by atoms with Crippen molar-refractivity contribution in [3.63, 3.8) is 0 Å². The molecule has 3 N–H and O–H groups in total. The second-order valence-electron chi connectivity index (χ2n) is 3.17. The highest BCUT2D eigenvalue weighted by atomic mass is 16.5. The van der Waals surface area contributed by atoms with Crippen molar-refractivity contribution in [1.82, 2.24) is 5.43 Å². The maximum atomic E-state index is 5.38. The Labute approximate surface area is 74.3 Å². The summed E-state index contributed by atoms with van der Waals surface area (Å²) in [6.45, 7) is 9.56. The van der Waals surface area contributed by atoms with Crippen LogP contribution in [0, 0.1) is 0 Å². The molecule has 0 amide bonds. The van der Waals surface area contributed by atoms with Crippen molar-refractivity contribution < 1.29 is 4.74 Å². The number of nitrogens with two attached hydrogens (primary N) is 1. The average molecular weight is 170 g/mol. The van der Waals surface area contributed by atoms with Gasteiger partial charge in [0.2, 0.25) is 0 Å². The van der Waals surface area contributed by atoms with E-state index < -0.39 is 0 Å². The topological polar surface area (TPSA) is 47.3 Å². The fourth-order valence-electron chi connectivity index (χ4n) is 0.806. The molecule has 0 fully saturated rings. The number of hydrogen-bond acceptors (Lipinski definition) is 3. The lowest BCUT2D eigenvalue weighted by Crippen LogP contribution is -2.45. The molecule has 12 heavy (non-hydrogen) atoms. The summed E-state index contributed by atoms with van der Waals surface area (Å²) in [7, 11) is 1.62. The molecule has 0 atom stereocenters. The molecular weight excluding hydrogens is 152 g/mol. The van der Waals surface area contributed by atoms with E-state index in [0.717, 1.165) is 11.3 Å². The monoisotopic (exact) mass is 170 g/mol. The van der Waals surface area contributed by atoms with Gasteiger partial charge < -0.3 is 4.74 Å². The van der Waals surface area contributed by atoms with Crippen molar-refractivity contribution in [1.29, 1.82) is 0 Å². The molecule has 3 heteroatoms. The molecule has 0 aromatic carbocycles. The van der Waals surface area contributed by atoms with Gasteiger partial charge in [0.05, 0.1) is 12.6 Å². The van der Waals surface area contributed by atoms with Crippen molar-refractivity contribution in [3.05, 3.63) is 24.0 Å². The lowest BCUT2D eigenvalue weighted by Gasteiger charge is -2.26. The van der Waals surface area contributed by atoms with E-state index in [9.17, 15) is 0 Å². The van der Waals surface area contributed by atoms with Gasteiger partial charge >= 0.3 is 0 Å². The molecule has 0 spiro atoms. The van der Waals surface area contributed by atoms with Crippen molar-refractivity contribution in [2.24, 2.45) is 5.84 Å². The molecule has 3 nitrogen and oxygen atoms in total. The second-order valence-corrected chi connectivity index (χ2v) is 3.17. The van der Waals surface area contributed by atoms with Gasteiger partial charge in [-0.15, -0.1) is 0 Å². The molecule has 0 rings (SSSR count). The fraction of sp³-hybridized carbons (Fsp3) is 0.556. The quantitative estimate of drug-likeness (QED) is 0.290. The minimum absolute atomic E-state index is 0.264. The largest absolute Gasteiger partial charge is 0.497 e. The molecule has 70 valence electrons. The molecule has 0 aromatic heterocycles. The van der Waals surface area contributed by atoms with Gasteiger partial charge in [-0.3, -0.25) is 11.3 Å². The zero-order chi connectivity index (χ0) is 9.78. The van der Waals surface area contributed by atoms with Crippen LogP contribution in [0.5, 0.6) is 0 Å². The zero-order valence-corrected chi connectivity index (χ0v) is 8.27. The molecule has 0 heterocycles. The third kappa shape index (κ3) is 2.36. The summed E-state index contributed by atoms with van der Waals surface area (Å²) in [5.41, 5.74) is 3.47. The number of rotatable bonds is 4. The van der Waals surface area contributed by atoms with Crippen molar-refractivity contribution in [3.8, 4) is 0 Å². The molecule has 0 saturated heterocycles. The lowest BCUT2D eigenvalue weighted by atomic mass is 9.95. The Morgan fingerprint density at radius 3 is 2.33 bits per heavy atom. The summed E-state index contributed by atoms with van der Waals surface area (Å²) in [5, 5.41) is 0.